The molecular weight excluding hydrogens is 296 g/mol. The standard InChI is InChI=1S/C17H20N2O4/c1-6-23-12(3)14-9-11(2)18-19(17(14)20)13-7-8-15(21-4)16(10-13)22-5/h7-10H,3,6H2,1-2,4-5H3. The van der Waals surface area contributed by atoms with Gasteiger partial charge >= 0.3 is 0 Å². The molecule has 0 fully saturated rings. The summed E-state index contributed by atoms with van der Waals surface area (Å²) in [6.07, 6.45) is 0. The monoisotopic (exact) mass is 316 g/mol. The fourth-order valence-corrected chi connectivity index (χ4v) is 2.20. The molecule has 1 aromatic heterocycles. The van der Waals surface area contributed by atoms with Crippen molar-refractivity contribution >= 4 is 5.76 Å². The largest absolute Gasteiger partial charge is 0.494 e. The molecule has 2 rings (SSSR count). The normalized spacial score (nSPS) is 10.3. The summed E-state index contributed by atoms with van der Waals surface area (Å²) in [7, 11) is 3.09. The SMILES string of the molecule is C=C(OCC)c1cc(C)nn(-c2ccc(OC)c(OC)c2)c1=O. The average Bonchev–Trinajstić information content (AvgIpc) is 2.56. The third-order valence-corrected chi connectivity index (χ3v) is 3.26. The third-order valence-electron chi connectivity index (χ3n) is 3.26. The Hall–Kier alpha value is -2.76. The Kier molecular flexibility index (Phi) is 5.05. The van der Waals surface area contributed by atoms with Gasteiger partial charge in [-0.3, -0.25) is 4.79 Å². The molecule has 0 spiro atoms. The fraction of sp³-hybridized carbons (Fsp3) is 0.294. The van der Waals surface area contributed by atoms with Gasteiger partial charge in [-0.2, -0.15) is 9.78 Å². The predicted molar refractivity (Wildman–Crippen MR) is 88.3 cm³/mol. The third kappa shape index (κ3) is 3.36. The quantitative estimate of drug-likeness (QED) is 0.767. The van der Waals surface area contributed by atoms with Gasteiger partial charge in [0.05, 0.1) is 37.8 Å². The highest BCUT2D eigenvalue weighted by molar-refractivity contribution is 5.57. The number of methoxy groups -OCH3 is 2. The Morgan fingerprint density at radius 2 is 1.91 bits per heavy atom. The van der Waals surface area contributed by atoms with E-state index in [-0.39, 0.29) is 5.56 Å². The van der Waals surface area contributed by atoms with Crippen molar-refractivity contribution in [1.29, 1.82) is 0 Å². The Labute approximate surface area is 134 Å². The zero-order chi connectivity index (χ0) is 17.0. The summed E-state index contributed by atoms with van der Waals surface area (Å²) in [5.74, 6) is 1.43. The molecular formula is C17H20N2O4. The highest BCUT2D eigenvalue weighted by Gasteiger charge is 2.14. The highest BCUT2D eigenvalue weighted by Crippen LogP contribution is 2.28. The smallest absolute Gasteiger partial charge is 0.282 e. The fourth-order valence-electron chi connectivity index (χ4n) is 2.20. The van der Waals surface area contributed by atoms with Crippen LogP contribution in [0, 0.1) is 6.92 Å². The van der Waals surface area contributed by atoms with Gasteiger partial charge in [0.1, 0.15) is 5.76 Å². The molecule has 0 saturated carbocycles. The highest BCUT2D eigenvalue weighted by atomic mass is 16.5. The Morgan fingerprint density at radius 3 is 2.52 bits per heavy atom. The first-order chi connectivity index (χ1) is 11.0. The minimum absolute atomic E-state index is 0.304. The molecule has 6 heteroatoms. The summed E-state index contributed by atoms with van der Waals surface area (Å²) in [6.45, 7) is 7.89. The molecule has 1 heterocycles. The maximum atomic E-state index is 12.7. The summed E-state index contributed by atoms with van der Waals surface area (Å²) in [5, 5.41) is 4.29. The first-order valence-electron chi connectivity index (χ1n) is 7.17. The van der Waals surface area contributed by atoms with Gasteiger partial charge in [-0.15, -0.1) is 0 Å². The average molecular weight is 316 g/mol. The molecule has 0 N–H and O–H groups in total. The zero-order valence-electron chi connectivity index (χ0n) is 13.8. The van der Waals surface area contributed by atoms with E-state index in [2.05, 4.69) is 11.7 Å². The Morgan fingerprint density at radius 1 is 1.22 bits per heavy atom. The van der Waals surface area contributed by atoms with E-state index >= 15 is 0 Å². The topological polar surface area (TPSA) is 62.6 Å². The van der Waals surface area contributed by atoms with E-state index in [1.54, 1.807) is 38.3 Å². The van der Waals surface area contributed by atoms with Crippen LogP contribution in [-0.4, -0.2) is 30.6 Å². The van der Waals surface area contributed by atoms with Crippen LogP contribution in [0.5, 0.6) is 11.5 Å². The minimum atomic E-state index is -0.304. The molecule has 0 aliphatic rings. The summed E-state index contributed by atoms with van der Waals surface area (Å²) >= 11 is 0. The maximum absolute atomic E-state index is 12.7. The van der Waals surface area contributed by atoms with Gasteiger partial charge in [0.25, 0.3) is 5.56 Å². The second-order valence-electron chi connectivity index (χ2n) is 4.81. The van der Waals surface area contributed by atoms with Crippen molar-refractivity contribution in [1.82, 2.24) is 9.78 Å². The molecule has 0 radical (unpaired) electrons. The van der Waals surface area contributed by atoms with Crippen LogP contribution in [0.2, 0.25) is 0 Å². The van der Waals surface area contributed by atoms with Crippen LogP contribution in [-0.2, 0) is 4.74 Å². The molecule has 23 heavy (non-hydrogen) atoms. The maximum Gasteiger partial charge on any atom is 0.282 e. The van der Waals surface area contributed by atoms with Gasteiger partial charge in [0, 0.05) is 6.07 Å². The van der Waals surface area contributed by atoms with E-state index < -0.39 is 0 Å². The van der Waals surface area contributed by atoms with Crippen LogP contribution in [0.1, 0.15) is 18.2 Å². The van der Waals surface area contributed by atoms with E-state index in [0.717, 1.165) is 0 Å². The molecule has 0 aliphatic carbocycles. The van der Waals surface area contributed by atoms with Gasteiger partial charge in [-0.05, 0) is 32.0 Å². The molecule has 0 saturated heterocycles. The first kappa shape index (κ1) is 16.6. The molecule has 0 atom stereocenters. The number of nitrogens with zero attached hydrogens (tertiary/aromatic N) is 2. The lowest BCUT2D eigenvalue weighted by Gasteiger charge is -2.13. The minimum Gasteiger partial charge on any atom is -0.494 e. The van der Waals surface area contributed by atoms with Crippen LogP contribution in [0.3, 0.4) is 0 Å². The predicted octanol–water partition coefficient (Wildman–Crippen LogP) is 2.57. The molecule has 122 valence electrons. The van der Waals surface area contributed by atoms with Crippen LogP contribution >= 0.6 is 0 Å². The molecule has 0 unspecified atom stereocenters. The number of hydrogen-bond acceptors (Lipinski definition) is 5. The Balaban J connectivity index is 2.60. The lowest BCUT2D eigenvalue weighted by Crippen LogP contribution is -2.25. The molecule has 2 aromatic rings. The van der Waals surface area contributed by atoms with Crippen molar-refractivity contribution < 1.29 is 14.2 Å². The van der Waals surface area contributed by atoms with Crippen LogP contribution in [0.4, 0.5) is 0 Å². The van der Waals surface area contributed by atoms with Crippen molar-refractivity contribution in [3.8, 4) is 17.2 Å². The zero-order valence-corrected chi connectivity index (χ0v) is 13.8. The lowest BCUT2D eigenvalue weighted by atomic mass is 10.2. The van der Waals surface area contributed by atoms with Gasteiger partial charge in [0.2, 0.25) is 0 Å². The van der Waals surface area contributed by atoms with Crippen molar-refractivity contribution in [2.75, 3.05) is 20.8 Å². The van der Waals surface area contributed by atoms with E-state index in [9.17, 15) is 4.79 Å². The molecule has 6 nitrogen and oxygen atoms in total. The van der Waals surface area contributed by atoms with Crippen molar-refractivity contribution in [3.05, 3.63) is 52.5 Å². The van der Waals surface area contributed by atoms with Gasteiger partial charge < -0.3 is 14.2 Å². The van der Waals surface area contributed by atoms with Gasteiger partial charge in [0.15, 0.2) is 11.5 Å². The van der Waals surface area contributed by atoms with Crippen molar-refractivity contribution in [2.45, 2.75) is 13.8 Å². The van der Waals surface area contributed by atoms with Crippen LogP contribution < -0.4 is 15.0 Å². The molecule has 0 amide bonds. The lowest BCUT2D eigenvalue weighted by molar-refractivity contribution is 0.298. The summed E-state index contributed by atoms with van der Waals surface area (Å²) < 4.78 is 17.1. The molecule has 0 bridgehead atoms. The summed E-state index contributed by atoms with van der Waals surface area (Å²) in [4.78, 5) is 12.7. The Bertz CT molecular complexity index is 781. The number of benzene rings is 1. The van der Waals surface area contributed by atoms with Crippen LogP contribution in [0.15, 0.2) is 35.6 Å². The van der Waals surface area contributed by atoms with E-state index in [0.29, 0.717) is 40.8 Å². The van der Waals surface area contributed by atoms with E-state index in [1.807, 2.05) is 6.92 Å². The number of hydrogen-bond donors (Lipinski definition) is 0. The number of aryl methyl sites for hydroxylation is 1. The first-order valence-corrected chi connectivity index (χ1v) is 7.17. The molecule has 1 aromatic carbocycles. The summed E-state index contributed by atoms with van der Waals surface area (Å²) in [6, 6.07) is 6.82. The van der Waals surface area contributed by atoms with Gasteiger partial charge in [-0.25, -0.2) is 0 Å². The van der Waals surface area contributed by atoms with Gasteiger partial charge in [-0.1, -0.05) is 6.58 Å². The number of ether oxygens (including phenoxy) is 3. The van der Waals surface area contributed by atoms with Crippen LogP contribution in [0.25, 0.3) is 11.4 Å². The van der Waals surface area contributed by atoms with E-state index in [1.165, 1.54) is 11.8 Å². The number of aromatic nitrogens is 2. The summed E-state index contributed by atoms with van der Waals surface area (Å²) in [5.41, 5.74) is 1.33. The van der Waals surface area contributed by atoms with Crippen molar-refractivity contribution in [3.63, 3.8) is 0 Å². The molecule has 0 aliphatic heterocycles. The van der Waals surface area contributed by atoms with Crippen molar-refractivity contribution in [2.24, 2.45) is 0 Å². The van der Waals surface area contributed by atoms with E-state index in [4.69, 9.17) is 14.2 Å². The second kappa shape index (κ2) is 7.00. The second-order valence-corrected chi connectivity index (χ2v) is 4.81. The number of rotatable bonds is 6.